The molecule has 0 aliphatic heterocycles. The van der Waals surface area contributed by atoms with E-state index in [0.717, 1.165) is 5.56 Å². The van der Waals surface area contributed by atoms with Crippen molar-refractivity contribution in [2.75, 3.05) is 19.8 Å². The van der Waals surface area contributed by atoms with Crippen LogP contribution < -0.4 is 5.32 Å². The molecular formula is C16H26ClNO4P+. The molecule has 0 aliphatic carbocycles. The largest absolute Gasteiger partial charge is 0.573 e. The van der Waals surface area contributed by atoms with Crippen LogP contribution in [0.2, 0.25) is 5.02 Å². The summed E-state index contributed by atoms with van der Waals surface area (Å²) in [6.07, 6.45) is 1.03. The summed E-state index contributed by atoms with van der Waals surface area (Å²) in [7, 11) is -2.58. The van der Waals surface area contributed by atoms with Gasteiger partial charge >= 0.3 is 13.6 Å². The zero-order chi connectivity index (χ0) is 17.3. The molecule has 0 saturated heterocycles. The molecule has 0 amide bonds. The Labute approximate surface area is 144 Å². The molecule has 0 aliphatic rings. The maximum Gasteiger partial charge on any atom is 0.573 e. The molecule has 1 aromatic carbocycles. The standard InChI is InChI=1S/C16H25ClNO4P/c1-4-21-16(22-5-2,23(19)20)11-6-12-18-13(3)14-7-9-15(17)10-8-14/h7-10,13,18H,4-6,11-12H2,1-3H3/p+1. The van der Waals surface area contributed by atoms with Crippen molar-refractivity contribution in [3.05, 3.63) is 34.9 Å². The molecule has 5 nitrogen and oxygen atoms in total. The number of benzene rings is 1. The fraction of sp³-hybridized carbons (Fsp3) is 0.625. The molecule has 0 bridgehead atoms. The molecule has 0 spiro atoms. The lowest BCUT2D eigenvalue weighted by Crippen LogP contribution is -2.33. The maximum atomic E-state index is 11.6. The summed E-state index contributed by atoms with van der Waals surface area (Å²) in [6, 6.07) is 7.86. The van der Waals surface area contributed by atoms with Crippen LogP contribution in [0.25, 0.3) is 0 Å². The normalized spacial score (nSPS) is 13.9. The van der Waals surface area contributed by atoms with Crippen LogP contribution in [0.3, 0.4) is 0 Å². The fourth-order valence-electron chi connectivity index (χ4n) is 2.34. The number of nitrogens with one attached hydrogen (secondary N) is 1. The van der Waals surface area contributed by atoms with Crippen molar-refractivity contribution in [1.29, 1.82) is 0 Å². The molecule has 1 aromatic rings. The van der Waals surface area contributed by atoms with Gasteiger partial charge in [-0.25, -0.2) is 0 Å². The Balaban J connectivity index is 2.49. The average Bonchev–Trinajstić information content (AvgIpc) is 2.52. The fourth-order valence-corrected chi connectivity index (χ4v) is 3.30. The van der Waals surface area contributed by atoms with Crippen LogP contribution in [-0.4, -0.2) is 30.2 Å². The second-order valence-electron chi connectivity index (χ2n) is 5.18. The van der Waals surface area contributed by atoms with E-state index in [2.05, 4.69) is 12.2 Å². The van der Waals surface area contributed by atoms with Crippen LogP contribution in [0.15, 0.2) is 24.3 Å². The number of ether oxygens (including phenoxy) is 2. The maximum absolute atomic E-state index is 11.6. The lowest BCUT2D eigenvalue weighted by molar-refractivity contribution is -0.180. The zero-order valence-electron chi connectivity index (χ0n) is 13.9. The predicted molar refractivity (Wildman–Crippen MR) is 92.9 cm³/mol. The Bertz CT molecular complexity index is 477. The molecule has 1 rings (SSSR count). The number of hydrogen-bond acceptors (Lipinski definition) is 4. The Morgan fingerprint density at radius 2 is 1.83 bits per heavy atom. The minimum Gasteiger partial charge on any atom is -0.310 e. The van der Waals surface area contributed by atoms with E-state index in [9.17, 15) is 9.46 Å². The van der Waals surface area contributed by atoms with Crippen molar-refractivity contribution in [1.82, 2.24) is 5.32 Å². The molecule has 0 radical (unpaired) electrons. The van der Waals surface area contributed by atoms with E-state index in [0.29, 0.717) is 37.6 Å². The van der Waals surface area contributed by atoms with Gasteiger partial charge in [0, 0.05) is 11.1 Å². The van der Waals surface area contributed by atoms with Gasteiger partial charge in [-0.15, -0.1) is 0 Å². The third kappa shape index (κ3) is 6.46. The third-order valence-corrected chi connectivity index (χ3v) is 4.84. The van der Waals surface area contributed by atoms with E-state index in [1.54, 1.807) is 13.8 Å². The van der Waals surface area contributed by atoms with Gasteiger partial charge in [0.05, 0.1) is 19.6 Å². The predicted octanol–water partition coefficient (Wildman–Crippen LogP) is 4.23. The van der Waals surface area contributed by atoms with Crippen molar-refractivity contribution in [2.24, 2.45) is 0 Å². The van der Waals surface area contributed by atoms with Crippen molar-refractivity contribution in [3.63, 3.8) is 0 Å². The molecule has 0 heterocycles. The van der Waals surface area contributed by atoms with Gasteiger partial charge in [0.1, 0.15) is 0 Å². The Hall–Kier alpha value is -0.550. The summed E-state index contributed by atoms with van der Waals surface area (Å²) in [5.74, 6) is 0. The van der Waals surface area contributed by atoms with Crippen LogP contribution in [0.1, 0.15) is 45.2 Å². The summed E-state index contributed by atoms with van der Waals surface area (Å²) < 4.78 is 22.5. The van der Waals surface area contributed by atoms with E-state index in [1.807, 2.05) is 24.3 Å². The molecule has 0 saturated carbocycles. The van der Waals surface area contributed by atoms with Crippen molar-refractivity contribution in [2.45, 2.75) is 45.2 Å². The molecule has 7 heteroatoms. The van der Waals surface area contributed by atoms with Gasteiger partial charge in [0.2, 0.25) is 0 Å². The van der Waals surface area contributed by atoms with Gasteiger partial charge in [-0.1, -0.05) is 23.7 Å². The monoisotopic (exact) mass is 362 g/mol. The first-order valence-electron chi connectivity index (χ1n) is 7.88. The first-order chi connectivity index (χ1) is 10.9. The van der Waals surface area contributed by atoms with E-state index >= 15 is 0 Å². The van der Waals surface area contributed by atoms with E-state index in [-0.39, 0.29) is 6.04 Å². The summed E-state index contributed by atoms with van der Waals surface area (Å²) in [5.41, 5.74) is -0.257. The van der Waals surface area contributed by atoms with Crippen molar-refractivity contribution in [3.8, 4) is 0 Å². The SMILES string of the molecule is CCOC(CCCNC(C)c1ccc(Cl)cc1)(OCC)[P+](=O)O. The van der Waals surface area contributed by atoms with Gasteiger partial charge in [0.25, 0.3) is 0 Å². The molecule has 130 valence electrons. The summed E-state index contributed by atoms with van der Waals surface area (Å²) >= 11 is 5.88. The number of halogens is 1. The topological polar surface area (TPSA) is 67.8 Å². The first kappa shape index (κ1) is 20.5. The lowest BCUT2D eigenvalue weighted by atomic mass is 10.1. The molecule has 2 atom stereocenters. The first-order valence-corrected chi connectivity index (χ1v) is 9.47. The van der Waals surface area contributed by atoms with Gasteiger partial charge < -0.3 is 14.8 Å². The van der Waals surface area contributed by atoms with Crippen LogP contribution >= 0.6 is 19.6 Å². The summed E-state index contributed by atoms with van der Waals surface area (Å²) in [5, 5.41) is 4.10. The van der Waals surface area contributed by atoms with E-state index in [1.165, 1.54) is 0 Å². The highest BCUT2D eigenvalue weighted by molar-refractivity contribution is 7.39. The quantitative estimate of drug-likeness (QED) is 0.350. The Morgan fingerprint density at radius 3 is 2.30 bits per heavy atom. The second-order valence-corrected chi connectivity index (χ2v) is 6.85. The molecule has 0 aromatic heterocycles. The van der Waals surface area contributed by atoms with E-state index in [4.69, 9.17) is 21.1 Å². The molecular weight excluding hydrogens is 337 g/mol. The highest BCUT2D eigenvalue weighted by atomic mass is 35.5. The Morgan fingerprint density at radius 1 is 1.26 bits per heavy atom. The molecule has 0 fully saturated rings. The number of rotatable bonds is 11. The average molecular weight is 363 g/mol. The lowest BCUT2D eigenvalue weighted by Gasteiger charge is -2.21. The smallest absolute Gasteiger partial charge is 0.310 e. The van der Waals surface area contributed by atoms with Crippen molar-refractivity contribution >= 4 is 19.6 Å². The minimum atomic E-state index is -2.58. The van der Waals surface area contributed by atoms with Crippen LogP contribution in [0, 0.1) is 0 Å². The zero-order valence-corrected chi connectivity index (χ0v) is 15.6. The molecule has 2 N–H and O–H groups in total. The molecule has 2 unspecified atom stereocenters. The summed E-state index contributed by atoms with van der Waals surface area (Å²) in [4.78, 5) is 9.56. The third-order valence-electron chi connectivity index (χ3n) is 3.52. The highest BCUT2D eigenvalue weighted by Crippen LogP contribution is 2.41. The van der Waals surface area contributed by atoms with E-state index < -0.39 is 13.6 Å². The summed E-state index contributed by atoms with van der Waals surface area (Å²) in [6.45, 7) is 6.98. The van der Waals surface area contributed by atoms with Crippen LogP contribution in [0.4, 0.5) is 0 Å². The van der Waals surface area contributed by atoms with Crippen molar-refractivity contribution < 1.29 is 18.9 Å². The van der Waals surface area contributed by atoms with Gasteiger partial charge in [-0.3, -0.25) is 0 Å². The highest BCUT2D eigenvalue weighted by Gasteiger charge is 2.51. The van der Waals surface area contributed by atoms with Crippen LogP contribution in [0.5, 0.6) is 0 Å². The van der Waals surface area contributed by atoms with Gasteiger partial charge in [0.15, 0.2) is 0 Å². The second kappa shape index (κ2) is 10.3. The Kier molecular flexibility index (Phi) is 9.22. The van der Waals surface area contributed by atoms with Crippen LogP contribution in [-0.2, 0) is 14.0 Å². The minimum absolute atomic E-state index is 0.170. The van der Waals surface area contributed by atoms with Gasteiger partial charge in [-0.05, 0) is 56.0 Å². The molecule has 23 heavy (non-hydrogen) atoms. The van der Waals surface area contributed by atoms with Gasteiger partial charge in [-0.2, -0.15) is 4.89 Å². The number of hydrogen-bond donors (Lipinski definition) is 2.